The summed E-state index contributed by atoms with van der Waals surface area (Å²) >= 11 is 0. The summed E-state index contributed by atoms with van der Waals surface area (Å²) in [6.07, 6.45) is 0. The zero-order valence-corrected chi connectivity index (χ0v) is 14.7. The molecule has 0 radical (unpaired) electrons. The van der Waals surface area contributed by atoms with E-state index in [1.54, 1.807) is 54.6 Å². The lowest BCUT2D eigenvalue weighted by Gasteiger charge is -2.05. The molecule has 2 N–H and O–H groups in total. The summed E-state index contributed by atoms with van der Waals surface area (Å²) in [5.74, 6) is -1.58. The van der Waals surface area contributed by atoms with E-state index in [1.807, 2.05) is 0 Å². The van der Waals surface area contributed by atoms with E-state index in [0.29, 0.717) is 16.9 Å². The van der Waals surface area contributed by atoms with Crippen LogP contribution in [-0.4, -0.2) is 24.1 Å². The molecule has 3 aromatic rings. The van der Waals surface area contributed by atoms with E-state index in [1.165, 1.54) is 14.0 Å². The minimum absolute atomic E-state index is 0.00654. The molecule has 1 amide bonds. The van der Waals surface area contributed by atoms with Gasteiger partial charge in [-0.25, -0.2) is 0 Å². The van der Waals surface area contributed by atoms with Crippen LogP contribution in [0.2, 0.25) is 0 Å². The van der Waals surface area contributed by atoms with Crippen LogP contribution in [0.15, 0.2) is 59.0 Å². The maximum absolute atomic E-state index is 12.4. The third-order valence-corrected chi connectivity index (χ3v) is 3.70. The van der Waals surface area contributed by atoms with Crippen molar-refractivity contribution in [2.24, 2.45) is 0 Å². The predicted octanol–water partition coefficient (Wildman–Crippen LogP) is 3.84. The molecule has 1 aromatic heterocycles. The van der Waals surface area contributed by atoms with Crippen LogP contribution < -0.4 is 14.8 Å². The van der Waals surface area contributed by atoms with Crippen LogP contribution in [0, 0.1) is 0 Å². The third kappa shape index (κ3) is 3.77. The van der Waals surface area contributed by atoms with Crippen LogP contribution in [0.5, 0.6) is 17.2 Å². The van der Waals surface area contributed by atoms with Gasteiger partial charge in [-0.1, -0.05) is 30.3 Å². The monoisotopic (exact) mass is 367 g/mol. The highest BCUT2D eigenvalue weighted by Crippen LogP contribution is 2.48. The zero-order valence-electron chi connectivity index (χ0n) is 14.7. The number of para-hydroxylation sites is 1. The molecular formula is C20H17NO6. The number of furan rings is 1. The standard InChI is InChI=1S/C20H17NO6/c1-12(22)26-18-16(23)17(14-10-6-7-11-15(14)25-2)27-20(18)21-19(24)13-8-4-3-5-9-13/h3-11,23H,1-2H3,(H,21,24). The number of nitrogens with one attached hydrogen (secondary N) is 1. The number of carbonyl (C=O) groups excluding carboxylic acids is 2. The number of esters is 1. The summed E-state index contributed by atoms with van der Waals surface area (Å²) in [5, 5.41) is 13.1. The Morgan fingerprint density at radius 3 is 2.37 bits per heavy atom. The Balaban J connectivity index is 2.05. The molecule has 0 saturated heterocycles. The topological polar surface area (TPSA) is 98.0 Å². The van der Waals surface area contributed by atoms with Crippen molar-refractivity contribution in [3.63, 3.8) is 0 Å². The number of benzene rings is 2. The van der Waals surface area contributed by atoms with Gasteiger partial charge in [0.15, 0.2) is 5.76 Å². The lowest BCUT2D eigenvalue weighted by atomic mass is 10.1. The zero-order chi connectivity index (χ0) is 19.4. The van der Waals surface area contributed by atoms with Crippen molar-refractivity contribution in [2.45, 2.75) is 6.92 Å². The van der Waals surface area contributed by atoms with Gasteiger partial charge in [0, 0.05) is 12.5 Å². The Kier molecular flexibility index (Phi) is 5.12. The quantitative estimate of drug-likeness (QED) is 0.665. The first-order valence-electron chi connectivity index (χ1n) is 8.05. The molecule has 0 unspecified atom stereocenters. The van der Waals surface area contributed by atoms with E-state index in [-0.39, 0.29) is 17.4 Å². The minimum Gasteiger partial charge on any atom is -0.502 e. The molecule has 7 nitrogen and oxygen atoms in total. The molecule has 0 aliphatic rings. The second kappa shape index (κ2) is 7.65. The van der Waals surface area contributed by atoms with Crippen LogP contribution in [0.1, 0.15) is 17.3 Å². The van der Waals surface area contributed by atoms with Crippen molar-refractivity contribution in [3.8, 4) is 28.6 Å². The number of hydrogen-bond donors (Lipinski definition) is 2. The Bertz CT molecular complexity index is 977. The second-order valence-corrected chi connectivity index (χ2v) is 5.55. The molecule has 0 aliphatic carbocycles. The Labute approximate surface area is 155 Å². The first kappa shape index (κ1) is 18.1. The smallest absolute Gasteiger partial charge is 0.308 e. The number of hydrogen-bond acceptors (Lipinski definition) is 6. The van der Waals surface area contributed by atoms with E-state index in [0.717, 1.165) is 0 Å². The predicted molar refractivity (Wildman–Crippen MR) is 98.1 cm³/mol. The molecule has 7 heteroatoms. The van der Waals surface area contributed by atoms with Gasteiger partial charge in [0.05, 0.1) is 12.7 Å². The van der Waals surface area contributed by atoms with Gasteiger partial charge in [0.25, 0.3) is 5.91 Å². The molecule has 2 aromatic carbocycles. The Hall–Kier alpha value is -3.74. The lowest BCUT2D eigenvalue weighted by molar-refractivity contribution is -0.132. The highest BCUT2D eigenvalue weighted by Gasteiger charge is 2.27. The summed E-state index contributed by atoms with van der Waals surface area (Å²) in [6.45, 7) is 1.18. The minimum atomic E-state index is -0.673. The van der Waals surface area contributed by atoms with Crippen molar-refractivity contribution < 1.29 is 28.6 Å². The first-order chi connectivity index (χ1) is 13.0. The maximum atomic E-state index is 12.4. The molecule has 0 fully saturated rings. The fourth-order valence-electron chi connectivity index (χ4n) is 2.51. The Morgan fingerprint density at radius 2 is 1.70 bits per heavy atom. The molecule has 138 valence electrons. The molecule has 1 heterocycles. The Morgan fingerprint density at radius 1 is 1.04 bits per heavy atom. The highest BCUT2D eigenvalue weighted by atomic mass is 16.6. The number of methoxy groups -OCH3 is 1. The van der Waals surface area contributed by atoms with E-state index >= 15 is 0 Å². The summed E-state index contributed by atoms with van der Waals surface area (Å²) in [6, 6.07) is 15.3. The van der Waals surface area contributed by atoms with E-state index in [9.17, 15) is 14.7 Å². The third-order valence-electron chi connectivity index (χ3n) is 3.70. The summed E-state index contributed by atoms with van der Waals surface area (Å²) in [4.78, 5) is 23.8. The molecule has 0 saturated carbocycles. The molecular weight excluding hydrogens is 350 g/mol. The average molecular weight is 367 g/mol. The van der Waals surface area contributed by atoms with Crippen LogP contribution in [0.4, 0.5) is 5.88 Å². The van der Waals surface area contributed by atoms with Crippen LogP contribution >= 0.6 is 0 Å². The number of amides is 1. The van der Waals surface area contributed by atoms with E-state index in [2.05, 4.69) is 5.32 Å². The number of anilines is 1. The number of aromatic hydroxyl groups is 1. The summed E-state index contributed by atoms with van der Waals surface area (Å²) in [5.41, 5.74) is 0.812. The average Bonchev–Trinajstić information content (AvgIpc) is 2.97. The second-order valence-electron chi connectivity index (χ2n) is 5.55. The van der Waals surface area contributed by atoms with Gasteiger partial charge in [-0.05, 0) is 24.3 Å². The fraction of sp³-hybridized carbons (Fsp3) is 0.100. The summed E-state index contributed by atoms with van der Waals surface area (Å²) in [7, 11) is 1.48. The van der Waals surface area contributed by atoms with Crippen molar-refractivity contribution in [3.05, 3.63) is 60.2 Å². The van der Waals surface area contributed by atoms with E-state index < -0.39 is 17.6 Å². The van der Waals surface area contributed by atoms with Crippen molar-refractivity contribution >= 4 is 17.8 Å². The van der Waals surface area contributed by atoms with E-state index in [4.69, 9.17) is 13.9 Å². The van der Waals surface area contributed by atoms with Crippen LogP contribution in [0.3, 0.4) is 0 Å². The normalized spacial score (nSPS) is 10.3. The number of carbonyl (C=O) groups is 2. The highest BCUT2D eigenvalue weighted by molar-refractivity contribution is 6.05. The largest absolute Gasteiger partial charge is 0.502 e. The van der Waals surface area contributed by atoms with Gasteiger partial charge < -0.3 is 19.0 Å². The van der Waals surface area contributed by atoms with Gasteiger partial charge in [0.1, 0.15) is 5.75 Å². The molecule has 3 rings (SSSR count). The van der Waals surface area contributed by atoms with Crippen LogP contribution in [-0.2, 0) is 4.79 Å². The van der Waals surface area contributed by atoms with Gasteiger partial charge in [0.2, 0.25) is 17.4 Å². The fourth-order valence-corrected chi connectivity index (χ4v) is 2.51. The SMILES string of the molecule is COc1ccccc1-c1oc(NC(=O)c2ccccc2)c(OC(C)=O)c1O. The molecule has 0 aliphatic heterocycles. The van der Waals surface area contributed by atoms with Gasteiger partial charge in [-0.3, -0.25) is 14.9 Å². The maximum Gasteiger partial charge on any atom is 0.308 e. The van der Waals surface area contributed by atoms with Crippen molar-refractivity contribution in [2.75, 3.05) is 12.4 Å². The molecule has 0 spiro atoms. The van der Waals surface area contributed by atoms with Crippen molar-refractivity contribution in [1.82, 2.24) is 0 Å². The van der Waals surface area contributed by atoms with Gasteiger partial charge in [-0.2, -0.15) is 0 Å². The molecule has 27 heavy (non-hydrogen) atoms. The molecule has 0 bridgehead atoms. The number of rotatable bonds is 5. The van der Waals surface area contributed by atoms with Gasteiger partial charge >= 0.3 is 5.97 Å². The van der Waals surface area contributed by atoms with Crippen molar-refractivity contribution in [1.29, 1.82) is 0 Å². The van der Waals surface area contributed by atoms with Gasteiger partial charge in [-0.15, -0.1) is 0 Å². The summed E-state index contributed by atoms with van der Waals surface area (Å²) < 4.78 is 15.9. The van der Waals surface area contributed by atoms with Crippen LogP contribution in [0.25, 0.3) is 11.3 Å². The first-order valence-corrected chi connectivity index (χ1v) is 8.05. The lowest BCUT2D eigenvalue weighted by Crippen LogP contribution is -2.12. The number of ether oxygens (including phenoxy) is 2. The molecule has 0 atom stereocenters.